The number of fused-ring (bicyclic) bond motifs is 1. The van der Waals surface area contributed by atoms with Gasteiger partial charge >= 0.3 is 5.97 Å². The smallest absolute Gasteiger partial charge is 0.307 e. The first-order valence-corrected chi connectivity index (χ1v) is 10.4. The number of benzene rings is 2. The molecule has 3 nitrogen and oxygen atoms in total. The predicted molar refractivity (Wildman–Crippen MR) is 110 cm³/mol. The van der Waals surface area contributed by atoms with Crippen LogP contribution in [0.15, 0.2) is 59.1 Å². The highest BCUT2D eigenvalue weighted by Crippen LogP contribution is 2.39. The zero-order valence-electron chi connectivity index (χ0n) is 14.3. The van der Waals surface area contributed by atoms with Crippen molar-refractivity contribution in [2.24, 2.45) is 5.92 Å². The molecule has 1 fully saturated rings. The average Bonchev–Trinajstić information content (AvgIpc) is 3.07. The van der Waals surface area contributed by atoms with Gasteiger partial charge in [-0.1, -0.05) is 46.3 Å². The number of rotatable bonds is 4. The van der Waals surface area contributed by atoms with Crippen molar-refractivity contribution >= 4 is 43.3 Å². The first-order valence-electron chi connectivity index (χ1n) is 8.82. The number of thiophene rings is 1. The summed E-state index contributed by atoms with van der Waals surface area (Å²) >= 11 is 5.32. The second-order valence-electron chi connectivity index (χ2n) is 6.81. The van der Waals surface area contributed by atoms with Gasteiger partial charge in [-0.3, -0.25) is 9.69 Å². The molecule has 1 aromatic heterocycles. The molecule has 0 spiro atoms. The van der Waals surface area contributed by atoms with Crippen LogP contribution in [-0.4, -0.2) is 29.1 Å². The van der Waals surface area contributed by atoms with Crippen LogP contribution in [0, 0.1) is 5.92 Å². The minimum absolute atomic E-state index is 0.0997. The van der Waals surface area contributed by atoms with E-state index in [1.165, 1.54) is 20.5 Å². The van der Waals surface area contributed by atoms with E-state index in [4.69, 9.17) is 0 Å². The fourth-order valence-electron chi connectivity index (χ4n) is 3.78. The Balaban J connectivity index is 1.76. The molecule has 2 aromatic carbocycles. The number of hydrogen-bond acceptors (Lipinski definition) is 3. The van der Waals surface area contributed by atoms with E-state index in [1.54, 1.807) is 11.3 Å². The number of piperidine rings is 1. The van der Waals surface area contributed by atoms with E-state index in [0.717, 1.165) is 23.9 Å². The Morgan fingerprint density at radius 1 is 1.19 bits per heavy atom. The molecule has 1 N–H and O–H groups in total. The fraction of sp³-hybridized carbons (Fsp3) is 0.286. The SMILES string of the molecule is O=C(O)C1CCCN(C(c2ccc(Br)cc2)c2cc3ccccc3s2)C1. The largest absolute Gasteiger partial charge is 0.481 e. The number of carboxylic acid groups (broad SMARTS) is 1. The van der Waals surface area contributed by atoms with Crippen molar-refractivity contribution in [1.29, 1.82) is 0 Å². The molecule has 5 heteroatoms. The Morgan fingerprint density at radius 3 is 2.69 bits per heavy atom. The summed E-state index contributed by atoms with van der Waals surface area (Å²) in [6, 6.07) is 19.2. The minimum Gasteiger partial charge on any atom is -0.481 e. The third kappa shape index (κ3) is 3.56. The van der Waals surface area contributed by atoms with Gasteiger partial charge in [-0.05, 0) is 54.6 Å². The number of halogens is 1. The summed E-state index contributed by atoms with van der Waals surface area (Å²) in [6.45, 7) is 1.53. The second kappa shape index (κ2) is 7.51. The topological polar surface area (TPSA) is 40.5 Å². The summed E-state index contributed by atoms with van der Waals surface area (Å²) in [7, 11) is 0. The maximum atomic E-state index is 11.6. The normalized spacial score (nSPS) is 19.5. The van der Waals surface area contributed by atoms with Crippen molar-refractivity contribution in [2.75, 3.05) is 13.1 Å². The molecule has 4 rings (SSSR count). The van der Waals surface area contributed by atoms with E-state index in [1.807, 2.05) is 0 Å². The van der Waals surface area contributed by atoms with Crippen molar-refractivity contribution in [3.63, 3.8) is 0 Å². The van der Waals surface area contributed by atoms with Crippen molar-refractivity contribution in [3.8, 4) is 0 Å². The Kier molecular flexibility index (Phi) is 5.11. The molecule has 2 atom stereocenters. The number of likely N-dealkylation sites (tertiary alicyclic amines) is 1. The summed E-state index contributed by atoms with van der Waals surface area (Å²) in [5.74, 6) is -0.961. The lowest BCUT2D eigenvalue weighted by Crippen LogP contribution is -2.41. The Labute approximate surface area is 165 Å². The van der Waals surface area contributed by atoms with Gasteiger partial charge in [0.25, 0.3) is 0 Å². The van der Waals surface area contributed by atoms with E-state index in [2.05, 4.69) is 75.4 Å². The molecule has 0 radical (unpaired) electrons. The Morgan fingerprint density at radius 2 is 1.96 bits per heavy atom. The van der Waals surface area contributed by atoms with Gasteiger partial charge in [-0.25, -0.2) is 0 Å². The molecule has 2 heterocycles. The standard InChI is InChI=1S/C21H20BrNO2S/c22-17-9-7-14(8-10-17)20(23-11-3-5-16(13-23)21(24)25)19-12-15-4-1-2-6-18(15)26-19/h1-2,4,6-10,12,16,20H,3,5,11,13H2,(H,24,25). The molecule has 134 valence electrons. The molecule has 1 saturated heterocycles. The van der Waals surface area contributed by atoms with E-state index in [0.29, 0.717) is 6.54 Å². The monoisotopic (exact) mass is 429 g/mol. The van der Waals surface area contributed by atoms with Gasteiger partial charge in [0.1, 0.15) is 0 Å². The van der Waals surface area contributed by atoms with Gasteiger partial charge in [0.05, 0.1) is 12.0 Å². The van der Waals surface area contributed by atoms with E-state index < -0.39 is 5.97 Å². The van der Waals surface area contributed by atoms with Gasteiger partial charge in [0, 0.05) is 20.6 Å². The molecule has 0 bridgehead atoms. The lowest BCUT2D eigenvalue weighted by Gasteiger charge is -2.37. The third-order valence-corrected chi connectivity index (χ3v) is 6.76. The van der Waals surface area contributed by atoms with Gasteiger partial charge < -0.3 is 5.11 Å². The highest BCUT2D eigenvalue weighted by molar-refractivity contribution is 9.10. The lowest BCUT2D eigenvalue weighted by molar-refractivity contribution is -0.143. The molecule has 1 aliphatic rings. The highest BCUT2D eigenvalue weighted by atomic mass is 79.9. The minimum atomic E-state index is -0.680. The van der Waals surface area contributed by atoms with E-state index >= 15 is 0 Å². The summed E-state index contributed by atoms with van der Waals surface area (Å²) in [4.78, 5) is 15.2. The maximum absolute atomic E-state index is 11.6. The molecule has 0 saturated carbocycles. The van der Waals surface area contributed by atoms with Gasteiger partial charge in [-0.2, -0.15) is 0 Å². The van der Waals surface area contributed by atoms with Crippen molar-refractivity contribution < 1.29 is 9.90 Å². The Hall–Kier alpha value is -1.69. The Bertz CT molecular complexity index is 888. The zero-order chi connectivity index (χ0) is 18.1. The quantitative estimate of drug-likeness (QED) is 0.590. The summed E-state index contributed by atoms with van der Waals surface area (Å²) < 4.78 is 2.33. The molecule has 3 aromatic rings. The van der Waals surface area contributed by atoms with Crippen molar-refractivity contribution in [2.45, 2.75) is 18.9 Å². The molecule has 26 heavy (non-hydrogen) atoms. The summed E-state index contributed by atoms with van der Waals surface area (Å²) in [5, 5.41) is 10.8. The second-order valence-corrected chi connectivity index (χ2v) is 8.84. The number of aliphatic carboxylic acids is 1. The van der Waals surface area contributed by atoms with E-state index in [-0.39, 0.29) is 12.0 Å². The summed E-state index contributed by atoms with van der Waals surface area (Å²) in [6.07, 6.45) is 1.69. The molecule has 1 aliphatic heterocycles. The van der Waals surface area contributed by atoms with Crippen LogP contribution in [0.2, 0.25) is 0 Å². The van der Waals surface area contributed by atoms with Gasteiger partial charge in [-0.15, -0.1) is 11.3 Å². The maximum Gasteiger partial charge on any atom is 0.307 e. The third-order valence-electron chi connectivity index (χ3n) is 5.07. The zero-order valence-corrected chi connectivity index (χ0v) is 16.7. The lowest BCUT2D eigenvalue weighted by atomic mass is 9.94. The van der Waals surface area contributed by atoms with Crippen LogP contribution in [-0.2, 0) is 4.79 Å². The van der Waals surface area contributed by atoms with Crippen LogP contribution in [0.4, 0.5) is 0 Å². The number of hydrogen-bond donors (Lipinski definition) is 1. The average molecular weight is 430 g/mol. The van der Waals surface area contributed by atoms with Crippen LogP contribution < -0.4 is 0 Å². The van der Waals surface area contributed by atoms with Crippen LogP contribution in [0.5, 0.6) is 0 Å². The number of nitrogens with zero attached hydrogens (tertiary/aromatic N) is 1. The van der Waals surface area contributed by atoms with Crippen LogP contribution in [0.25, 0.3) is 10.1 Å². The molecule has 0 aliphatic carbocycles. The van der Waals surface area contributed by atoms with Crippen LogP contribution in [0.3, 0.4) is 0 Å². The van der Waals surface area contributed by atoms with Crippen molar-refractivity contribution in [3.05, 3.63) is 69.5 Å². The van der Waals surface area contributed by atoms with Gasteiger partial charge in [0.15, 0.2) is 0 Å². The fourth-order valence-corrected chi connectivity index (χ4v) is 5.27. The first-order chi connectivity index (χ1) is 12.6. The molecular formula is C21H20BrNO2S. The van der Waals surface area contributed by atoms with Crippen LogP contribution >= 0.6 is 27.3 Å². The predicted octanol–water partition coefficient (Wildman–Crippen LogP) is 5.55. The summed E-state index contributed by atoms with van der Waals surface area (Å²) in [5.41, 5.74) is 1.21. The van der Waals surface area contributed by atoms with E-state index in [9.17, 15) is 9.90 Å². The van der Waals surface area contributed by atoms with Gasteiger partial charge in [0.2, 0.25) is 0 Å². The van der Waals surface area contributed by atoms with Crippen LogP contribution in [0.1, 0.15) is 29.3 Å². The van der Waals surface area contributed by atoms with Crippen molar-refractivity contribution in [1.82, 2.24) is 4.90 Å². The number of carbonyl (C=O) groups is 1. The molecule has 2 unspecified atom stereocenters. The molecule has 0 amide bonds. The first kappa shape index (κ1) is 17.7. The highest BCUT2D eigenvalue weighted by Gasteiger charge is 2.32. The molecular weight excluding hydrogens is 410 g/mol. The number of carboxylic acids is 1.